The van der Waals surface area contributed by atoms with Crippen LogP contribution in [-0.4, -0.2) is 45.6 Å². The molecule has 1 unspecified atom stereocenters. The van der Waals surface area contributed by atoms with Crippen LogP contribution in [-0.2, 0) is 4.79 Å². The Hall–Kier alpha value is -3.29. The van der Waals surface area contributed by atoms with Gasteiger partial charge in [-0.15, -0.1) is 0 Å². The molecule has 1 amide bonds. The van der Waals surface area contributed by atoms with E-state index in [0.717, 1.165) is 13.1 Å². The van der Waals surface area contributed by atoms with Gasteiger partial charge in [-0.05, 0) is 31.2 Å². The van der Waals surface area contributed by atoms with Crippen LogP contribution in [0, 0.1) is 11.7 Å². The molecule has 8 heteroatoms. The van der Waals surface area contributed by atoms with Gasteiger partial charge in [-0.25, -0.2) is 9.37 Å². The molecule has 1 aromatic carbocycles. The topological polar surface area (TPSA) is 84.2 Å². The molecular weight excluding hydrogens is 361 g/mol. The lowest BCUT2D eigenvalue weighted by Crippen LogP contribution is -2.25. The first-order valence-corrected chi connectivity index (χ1v) is 9.20. The zero-order valence-corrected chi connectivity index (χ0v) is 15.4. The van der Waals surface area contributed by atoms with Crippen molar-refractivity contribution in [3.05, 3.63) is 48.4 Å². The van der Waals surface area contributed by atoms with Crippen molar-refractivity contribution < 1.29 is 13.7 Å². The van der Waals surface area contributed by atoms with Crippen LogP contribution in [0.4, 0.5) is 10.2 Å². The van der Waals surface area contributed by atoms with Crippen LogP contribution in [0.1, 0.15) is 13.3 Å². The van der Waals surface area contributed by atoms with E-state index in [1.165, 1.54) is 6.07 Å². The van der Waals surface area contributed by atoms with E-state index in [2.05, 4.69) is 20.4 Å². The van der Waals surface area contributed by atoms with E-state index in [1.807, 2.05) is 24.0 Å². The highest BCUT2D eigenvalue weighted by molar-refractivity contribution is 5.78. The molecule has 28 heavy (non-hydrogen) atoms. The van der Waals surface area contributed by atoms with Crippen LogP contribution in [0.15, 0.2) is 47.1 Å². The number of aromatic nitrogens is 3. The number of carbonyl (C=O) groups excluding carboxylic acids is 1. The number of rotatable bonds is 6. The maximum atomic E-state index is 13.9. The summed E-state index contributed by atoms with van der Waals surface area (Å²) >= 11 is 0. The summed E-state index contributed by atoms with van der Waals surface area (Å²) in [6, 6.07) is 9.90. The minimum atomic E-state index is -0.403. The van der Waals surface area contributed by atoms with Crippen molar-refractivity contribution in [1.82, 2.24) is 20.0 Å². The van der Waals surface area contributed by atoms with Gasteiger partial charge in [0.25, 0.3) is 5.89 Å². The van der Waals surface area contributed by atoms with Crippen LogP contribution in [0.2, 0.25) is 0 Å². The Morgan fingerprint density at radius 2 is 2.14 bits per heavy atom. The van der Waals surface area contributed by atoms with Gasteiger partial charge < -0.3 is 14.7 Å². The Labute approximate surface area is 161 Å². The lowest BCUT2D eigenvalue weighted by atomic mass is 10.1. The number of nitrogens with one attached hydrogen (secondary N) is 1. The molecule has 4 rings (SSSR count). The normalized spacial score (nSPS) is 16.6. The van der Waals surface area contributed by atoms with Gasteiger partial charge in [0.05, 0.1) is 11.1 Å². The zero-order chi connectivity index (χ0) is 19.5. The average Bonchev–Trinajstić information content (AvgIpc) is 3.34. The molecule has 3 heterocycles. The van der Waals surface area contributed by atoms with Gasteiger partial charge in [0.2, 0.25) is 11.7 Å². The number of carbonyl (C=O) groups is 1. The number of pyridine rings is 1. The summed E-state index contributed by atoms with van der Waals surface area (Å²) in [6.45, 7) is 4.21. The number of likely N-dealkylation sites (tertiary alicyclic amines) is 1. The number of benzene rings is 1. The van der Waals surface area contributed by atoms with Crippen LogP contribution < -0.4 is 5.32 Å². The molecule has 0 bridgehead atoms. The van der Waals surface area contributed by atoms with E-state index in [-0.39, 0.29) is 29.1 Å². The van der Waals surface area contributed by atoms with Crippen LogP contribution in [0.3, 0.4) is 0 Å². The number of amides is 1. The van der Waals surface area contributed by atoms with Crippen molar-refractivity contribution in [2.75, 3.05) is 25.0 Å². The molecule has 2 aromatic heterocycles. The summed E-state index contributed by atoms with van der Waals surface area (Å²) in [5.41, 5.74) is 0.935. The molecule has 0 spiro atoms. The maximum absolute atomic E-state index is 13.9. The van der Waals surface area contributed by atoms with E-state index in [1.54, 1.807) is 24.4 Å². The van der Waals surface area contributed by atoms with E-state index >= 15 is 0 Å². The first-order chi connectivity index (χ1) is 13.6. The molecule has 1 atom stereocenters. The van der Waals surface area contributed by atoms with Crippen molar-refractivity contribution in [3.63, 3.8) is 0 Å². The number of hydrogen-bond acceptors (Lipinski definition) is 6. The van der Waals surface area contributed by atoms with Gasteiger partial charge in [0.1, 0.15) is 11.6 Å². The van der Waals surface area contributed by atoms with Crippen LogP contribution in [0.5, 0.6) is 0 Å². The van der Waals surface area contributed by atoms with E-state index < -0.39 is 5.82 Å². The first-order valence-electron chi connectivity index (χ1n) is 9.20. The zero-order valence-electron chi connectivity index (χ0n) is 15.4. The second-order valence-electron chi connectivity index (χ2n) is 6.72. The molecule has 0 aliphatic carbocycles. The standard InChI is InChI=1S/C20H20FN5O2/c1-2-26-12-13(9-18(26)27)10-22-17-8-7-14(11-23-17)20-24-19(25-28-20)15-5-3-4-6-16(15)21/h3-8,11,13H,2,9-10,12H2,1H3,(H,22,23). The summed E-state index contributed by atoms with van der Waals surface area (Å²) in [5, 5.41) is 7.11. The molecular formula is C20H20FN5O2. The Balaban J connectivity index is 1.40. The Morgan fingerprint density at radius 3 is 2.86 bits per heavy atom. The number of anilines is 1. The van der Waals surface area contributed by atoms with E-state index in [9.17, 15) is 9.18 Å². The molecule has 1 aliphatic rings. The van der Waals surface area contributed by atoms with Gasteiger partial charge >= 0.3 is 0 Å². The maximum Gasteiger partial charge on any atom is 0.259 e. The Bertz CT molecular complexity index is 973. The lowest BCUT2D eigenvalue weighted by molar-refractivity contribution is -0.127. The van der Waals surface area contributed by atoms with Crippen molar-refractivity contribution >= 4 is 11.7 Å². The molecule has 144 valence electrons. The fourth-order valence-electron chi connectivity index (χ4n) is 3.26. The Kier molecular flexibility index (Phi) is 5.01. The lowest BCUT2D eigenvalue weighted by Gasteiger charge is -2.14. The fourth-order valence-corrected chi connectivity index (χ4v) is 3.26. The predicted octanol–water partition coefficient (Wildman–Crippen LogP) is 3.22. The summed E-state index contributed by atoms with van der Waals surface area (Å²) in [6.07, 6.45) is 2.19. The smallest absolute Gasteiger partial charge is 0.259 e. The monoisotopic (exact) mass is 381 g/mol. The Morgan fingerprint density at radius 1 is 1.29 bits per heavy atom. The van der Waals surface area contributed by atoms with E-state index in [4.69, 9.17) is 4.52 Å². The highest BCUT2D eigenvalue weighted by Crippen LogP contribution is 2.24. The average molecular weight is 381 g/mol. The quantitative estimate of drug-likeness (QED) is 0.706. The SMILES string of the molecule is CCN1CC(CNc2ccc(-c3nc(-c4ccccc4F)no3)cn2)CC1=O. The molecule has 7 nitrogen and oxygen atoms in total. The number of hydrogen-bond donors (Lipinski definition) is 1. The second-order valence-corrected chi connectivity index (χ2v) is 6.72. The highest BCUT2D eigenvalue weighted by atomic mass is 19.1. The van der Waals surface area contributed by atoms with Crippen molar-refractivity contribution in [2.24, 2.45) is 5.92 Å². The number of nitrogens with zero attached hydrogens (tertiary/aromatic N) is 4. The predicted molar refractivity (Wildman–Crippen MR) is 102 cm³/mol. The third kappa shape index (κ3) is 3.71. The minimum absolute atomic E-state index is 0.196. The molecule has 1 N–H and O–H groups in total. The summed E-state index contributed by atoms with van der Waals surface area (Å²) in [5.74, 6) is 1.27. The number of halogens is 1. The van der Waals surface area contributed by atoms with Crippen molar-refractivity contribution in [3.8, 4) is 22.8 Å². The summed E-state index contributed by atoms with van der Waals surface area (Å²) in [7, 11) is 0. The fraction of sp³-hybridized carbons (Fsp3) is 0.300. The molecule has 1 saturated heterocycles. The minimum Gasteiger partial charge on any atom is -0.370 e. The second kappa shape index (κ2) is 7.75. The van der Waals surface area contributed by atoms with Crippen LogP contribution >= 0.6 is 0 Å². The van der Waals surface area contributed by atoms with Gasteiger partial charge in [-0.1, -0.05) is 17.3 Å². The highest BCUT2D eigenvalue weighted by Gasteiger charge is 2.28. The van der Waals surface area contributed by atoms with Gasteiger partial charge in [0.15, 0.2) is 0 Å². The van der Waals surface area contributed by atoms with Crippen LogP contribution in [0.25, 0.3) is 22.8 Å². The van der Waals surface area contributed by atoms with Gasteiger partial charge in [-0.2, -0.15) is 4.98 Å². The molecule has 1 fully saturated rings. The molecule has 0 saturated carbocycles. The first kappa shape index (κ1) is 18.1. The van der Waals surface area contributed by atoms with E-state index in [0.29, 0.717) is 24.3 Å². The van der Waals surface area contributed by atoms with Gasteiger partial charge in [-0.3, -0.25) is 4.79 Å². The third-order valence-corrected chi connectivity index (χ3v) is 4.80. The van der Waals surface area contributed by atoms with Crippen molar-refractivity contribution in [2.45, 2.75) is 13.3 Å². The molecule has 1 aliphatic heterocycles. The summed E-state index contributed by atoms with van der Waals surface area (Å²) in [4.78, 5) is 22.3. The van der Waals surface area contributed by atoms with Gasteiger partial charge in [0, 0.05) is 38.2 Å². The largest absolute Gasteiger partial charge is 0.370 e. The molecule has 0 radical (unpaired) electrons. The molecule has 3 aromatic rings. The van der Waals surface area contributed by atoms with Crippen molar-refractivity contribution in [1.29, 1.82) is 0 Å². The summed E-state index contributed by atoms with van der Waals surface area (Å²) < 4.78 is 19.1. The third-order valence-electron chi connectivity index (χ3n) is 4.80.